The molecule has 6 heteroatoms. The Morgan fingerprint density at radius 2 is 1.76 bits per heavy atom. The first-order chi connectivity index (χ1) is 10.1. The zero-order chi connectivity index (χ0) is 15.9. The number of amides is 1. The van der Waals surface area contributed by atoms with E-state index in [1.165, 1.54) is 12.8 Å². The lowest BCUT2D eigenvalue weighted by Crippen LogP contribution is -2.40. The van der Waals surface area contributed by atoms with Gasteiger partial charge in [0.2, 0.25) is 5.91 Å². The van der Waals surface area contributed by atoms with Crippen LogP contribution in [0.1, 0.15) is 58.3 Å². The maximum Gasteiger partial charge on any atom is 0.317 e. The van der Waals surface area contributed by atoms with Crippen molar-refractivity contribution in [2.45, 2.75) is 58.3 Å². The number of nitrogens with zero attached hydrogens (tertiary/aromatic N) is 1. The molecule has 0 aromatic heterocycles. The zero-order valence-corrected chi connectivity index (χ0v) is 13.1. The largest absolute Gasteiger partial charge is 0.480 e. The van der Waals surface area contributed by atoms with Crippen LogP contribution in [0.25, 0.3) is 0 Å². The molecule has 0 unspecified atom stereocenters. The molecule has 0 atom stereocenters. The Bertz CT molecular complexity index is 285. The molecule has 6 nitrogen and oxygen atoms in total. The normalized spacial score (nSPS) is 10.8. The van der Waals surface area contributed by atoms with Gasteiger partial charge in [0.1, 0.15) is 0 Å². The molecule has 0 aromatic rings. The van der Waals surface area contributed by atoms with Crippen LogP contribution in [0.5, 0.6) is 0 Å². The minimum absolute atomic E-state index is 0.0240. The number of carbonyl (C=O) groups is 2. The van der Waals surface area contributed by atoms with Gasteiger partial charge >= 0.3 is 5.97 Å². The van der Waals surface area contributed by atoms with Gasteiger partial charge < -0.3 is 15.5 Å². The summed E-state index contributed by atoms with van der Waals surface area (Å²) in [6.07, 6.45) is 7.37. The highest BCUT2D eigenvalue weighted by atomic mass is 16.4. The standard InChI is InChI=1S/C15H30N2O4/c1-2-3-4-5-6-9-14(19)16-13-17(12-15(20)21)10-7-8-11-18/h18H,2-13H2,1H3,(H,16,19)(H,20,21). The number of carbonyl (C=O) groups excluding carboxylic acids is 1. The number of hydrogen-bond acceptors (Lipinski definition) is 4. The van der Waals surface area contributed by atoms with Crippen molar-refractivity contribution in [3.63, 3.8) is 0 Å². The van der Waals surface area contributed by atoms with Crippen molar-refractivity contribution in [3.05, 3.63) is 0 Å². The first-order valence-electron chi connectivity index (χ1n) is 7.91. The Labute approximate surface area is 127 Å². The highest BCUT2D eigenvalue weighted by Gasteiger charge is 2.10. The van der Waals surface area contributed by atoms with Crippen molar-refractivity contribution in [2.24, 2.45) is 0 Å². The zero-order valence-electron chi connectivity index (χ0n) is 13.1. The van der Waals surface area contributed by atoms with Crippen molar-refractivity contribution in [1.29, 1.82) is 0 Å². The summed E-state index contributed by atoms with van der Waals surface area (Å²) < 4.78 is 0. The first kappa shape index (κ1) is 19.9. The fraction of sp³-hybridized carbons (Fsp3) is 0.867. The average molecular weight is 302 g/mol. The first-order valence-corrected chi connectivity index (χ1v) is 7.91. The Balaban J connectivity index is 3.81. The highest BCUT2D eigenvalue weighted by Crippen LogP contribution is 2.04. The van der Waals surface area contributed by atoms with Crippen LogP contribution < -0.4 is 5.32 Å². The molecule has 0 bridgehead atoms. The number of unbranched alkanes of at least 4 members (excludes halogenated alkanes) is 5. The van der Waals surface area contributed by atoms with Gasteiger partial charge in [-0.2, -0.15) is 0 Å². The average Bonchev–Trinajstić information content (AvgIpc) is 2.44. The summed E-state index contributed by atoms with van der Waals surface area (Å²) in [5.74, 6) is -0.933. The van der Waals surface area contributed by atoms with E-state index in [9.17, 15) is 9.59 Å². The van der Waals surface area contributed by atoms with E-state index in [0.29, 0.717) is 19.4 Å². The second-order valence-corrected chi connectivity index (χ2v) is 5.30. The number of aliphatic carboxylic acids is 1. The summed E-state index contributed by atoms with van der Waals surface area (Å²) in [6, 6.07) is 0. The van der Waals surface area contributed by atoms with Crippen LogP contribution in [-0.2, 0) is 9.59 Å². The van der Waals surface area contributed by atoms with Gasteiger partial charge in [0.25, 0.3) is 0 Å². The number of nitrogens with one attached hydrogen (secondary N) is 1. The molecule has 0 fully saturated rings. The predicted molar refractivity (Wildman–Crippen MR) is 81.9 cm³/mol. The molecular weight excluding hydrogens is 272 g/mol. The molecule has 21 heavy (non-hydrogen) atoms. The lowest BCUT2D eigenvalue weighted by molar-refractivity contribution is -0.139. The van der Waals surface area contributed by atoms with Crippen molar-refractivity contribution in [2.75, 3.05) is 26.4 Å². The van der Waals surface area contributed by atoms with Gasteiger partial charge in [-0.05, 0) is 19.3 Å². The molecule has 0 spiro atoms. The van der Waals surface area contributed by atoms with Crippen molar-refractivity contribution in [3.8, 4) is 0 Å². The summed E-state index contributed by atoms with van der Waals surface area (Å²) >= 11 is 0. The molecule has 0 rings (SSSR count). The quantitative estimate of drug-likeness (QED) is 0.335. The van der Waals surface area contributed by atoms with E-state index in [2.05, 4.69) is 12.2 Å². The number of rotatable bonds is 14. The Morgan fingerprint density at radius 1 is 1.05 bits per heavy atom. The Hall–Kier alpha value is -1.14. The minimum Gasteiger partial charge on any atom is -0.480 e. The van der Waals surface area contributed by atoms with Crippen LogP contribution in [0.15, 0.2) is 0 Å². The summed E-state index contributed by atoms with van der Waals surface area (Å²) in [7, 11) is 0. The minimum atomic E-state index is -0.909. The van der Waals surface area contributed by atoms with Gasteiger partial charge in [-0.25, -0.2) is 0 Å². The fourth-order valence-corrected chi connectivity index (χ4v) is 2.03. The summed E-state index contributed by atoms with van der Waals surface area (Å²) in [5, 5.41) is 20.3. The molecule has 3 N–H and O–H groups in total. The molecule has 124 valence electrons. The molecule has 0 saturated heterocycles. The lowest BCUT2D eigenvalue weighted by Gasteiger charge is -2.20. The maximum atomic E-state index is 11.7. The van der Waals surface area contributed by atoms with E-state index >= 15 is 0 Å². The molecule has 0 aliphatic carbocycles. The molecule has 1 amide bonds. The van der Waals surface area contributed by atoms with E-state index in [4.69, 9.17) is 10.2 Å². The monoisotopic (exact) mass is 302 g/mol. The van der Waals surface area contributed by atoms with E-state index < -0.39 is 5.97 Å². The molecule has 0 aliphatic heterocycles. The number of aliphatic hydroxyl groups is 1. The third-order valence-corrected chi connectivity index (χ3v) is 3.25. The molecule has 0 aromatic carbocycles. The van der Waals surface area contributed by atoms with Crippen molar-refractivity contribution < 1.29 is 19.8 Å². The Kier molecular flexibility index (Phi) is 13.1. The maximum absolute atomic E-state index is 11.7. The lowest BCUT2D eigenvalue weighted by atomic mass is 10.1. The smallest absolute Gasteiger partial charge is 0.317 e. The summed E-state index contributed by atoms with van der Waals surface area (Å²) in [6.45, 7) is 2.98. The summed E-state index contributed by atoms with van der Waals surface area (Å²) in [5.41, 5.74) is 0. The van der Waals surface area contributed by atoms with E-state index in [1.54, 1.807) is 4.90 Å². The third-order valence-electron chi connectivity index (χ3n) is 3.25. The number of carboxylic acid groups (broad SMARTS) is 1. The topological polar surface area (TPSA) is 89.9 Å². The van der Waals surface area contributed by atoms with E-state index in [-0.39, 0.29) is 25.7 Å². The van der Waals surface area contributed by atoms with Gasteiger partial charge in [0.15, 0.2) is 0 Å². The molecular formula is C15H30N2O4. The summed E-state index contributed by atoms with van der Waals surface area (Å²) in [4.78, 5) is 24.1. The van der Waals surface area contributed by atoms with Crippen LogP contribution in [-0.4, -0.2) is 53.4 Å². The number of aliphatic hydroxyl groups excluding tert-OH is 1. The fourth-order valence-electron chi connectivity index (χ4n) is 2.03. The second-order valence-electron chi connectivity index (χ2n) is 5.30. The van der Waals surface area contributed by atoms with E-state index in [1.807, 2.05) is 0 Å². The van der Waals surface area contributed by atoms with Crippen LogP contribution in [0, 0.1) is 0 Å². The van der Waals surface area contributed by atoms with Gasteiger partial charge in [0.05, 0.1) is 13.2 Å². The SMILES string of the molecule is CCCCCCCC(=O)NCN(CCCCO)CC(=O)O. The van der Waals surface area contributed by atoms with Crippen LogP contribution in [0.4, 0.5) is 0 Å². The Morgan fingerprint density at radius 3 is 2.38 bits per heavy atom. The number of hydrogen-bond donors (Lipinski definition) is 3. The highest BCUT2D eigenvalue weighted by molar-refractivity contribution is 5.75. The van der Waals surface area contributed by atoms with Gasteiger partial charge in [-0.3, -0.25) is 14.5 Å². The van der Waals surface area contributed by atoms with Crippen LogP contribution >= 0.6 is 0 Å². The molecule has 0 aliphatic rings. The second kappa shape index (κ2) is 13.8. The van der Waals surface area contributed by atoms with E-state index in [0.717, 1.165) is 25.7 Å². The third kappa shape index (κ3) is 13.6. The van der Waals surface area contributed by atoms with Crippen molar-refractivity contribution >= 4 is 11.9 Å². The molecule has 0 heterocycles. The van der Waals surface area contributed by atoms with Gasteiger partial charge in [0, 0.05) is 19.6 Å². The molecule has 0 saturated carbocycles. The molecule has 0 radical (unpaired) electrons. The van der Waals surface area contributed by atoms with Gasteiger partial charge in [-0.15, -0.1) is 0 Å². The predicted octanol–water partition coefficient (Wildman–Crippen LogP) is 1.58. The number of carboxylic acids is 1. The van der Waals surface area contributed by atoms with Crippen molar-refractivity contribution in [1.82, 2.24) is 10.2 Å². The van der Waals surface area contributed by atoms with Crippen LogP contribution in [0.3, 0.4) is 0 Å². The van der Waals surface area contributed by atoms with Crippen LogP contribution in [0.2, 0.25) is 0 Å². The van der Waals surface area contributed by atoms with Gasteiger partial charge in [-0.1, -0.05) is 32.6 Å².